The third-order valence-electron chi connectivity index (χ3n) is 9.36. The SMILES string of the molecule is CC12CCC(=O)N(Cc3ccc(N)cc3)C1CCC1C2C(=O)CC2(C)[C@@H](O)CC[C@@H]12. The molecule has 5 heteroatoms. The summed E-state index contributed by atoms with van der Waals surface area (Å²) in [4.78, 5) is 28.6. The van der Waals surface area contributed by atoms with Gasteiger partial charge in [0, 0.05) is 42.4 Å². The number of ketones is 1. The predicted molar refractivity (Wildman–Crippen MR) is 115 cm³/mol. The molecule has 0 aromatic heterocycles. The van der Waals surface area contributed by atoms with Crippen molar-refractivity contribution in [1.29, 1.82) is 0 Å². The zero-order chi connectivity index (χ0) is 21.3. The lowest BCUT2D eigenvalue weighted by atomic mass is 9.47. The summed E-state index contributed by atoms with van der Waals surface area (Å²) in [6, 6.07) is 7.87. The van der Waals surface area contributed by atoms with Crippen LogP contribution in [0.4, 0.5) is 5.69 Å². The quantitative estimate of drug-likeness (QED) is 0.731. The number of nitrogens with zero attached hydrogens (tertiary/aromatic N) is 1. The van der Waals surface area contributed by atoms with Crippen molar-refractivity contribution in [3.63, 3.8) is 0 Å². The van der Waals surface area contributed by atoms with Gasteiger partial charge in [-0.1, -0.05) is 26.0 Å². The zero-order valence-corrected chi connectivity index (χ0v) is 18.1. The van der Waals surface area contributed by atoms with Crippen LogP contribution in [0.3, 0.4) is 0 Å². The number of rotatable bonds is 2. The Bertz CT molecular complexity index is 868. The lowest BCUT2D eigenvalue weighted by molar-refractivity contribution is -0.173. The number of hydrogen-bond donors (Lipinski definition) is 2. The number of aliphatic hydroxyl groups excluding tert-OH is 1. The van der Waals surface area contributed by atoms with Crippen LogP contribution in [0, 0.1) is 28.6 Å². The molecule has 5 unspecified atom stereocenters. The number of amides is 1. The number of Topliss-reactive ketones (excluding diaryl/α,β-unsaturated/α-hetero) is 1. The van der Waals surface area contributed by atoms with E-state index in [1.54, 1.807) is 0 Å². The zero-order valence-electron chi connectivity index (χ0n) is 18.1. The summed E-state index contributed by atoms with van der Waals surface area (Å²) < 4.78 is 0. The Kier molecular flexibility index (Phi) is 4.55. The second-order valence-electron chi connectivity index (χ2n) is 10.9. The number of carbonyl (C=O) groups is 2. The first kappa shape index (κ1) is 20.0. The molecule has 3 saturated carbocycles. The Morgan fingerprint density at radius 2 is 1.80 bits per heavy atom. The fourth-order valence-corrected chi connectivity index (χ4v) is 7.81. The normalized spacial score (nSPS) is 43.2. The molecule has 1 aliphatic heterocycles. The molecule has 5 rings (SSSR count). The molecule has 30 heavy (non-hydrogen) atoms. The molecule has 162 valence electrons. The fourth-order valence-electron chi connectivity index (χ4n) is 7.81. The molecule has 1 saturated heterocycles. The minimum absolute atomic E-state index is 0.0154. The number of nitrogens with two attached hydrogens (primary N) is 1. The highest BCUT2D eigenvalue weighted by Crippen LogP contribution is 2.63. The first-order chi connectivity index (χ1) is 14.2. The Morgan fingerprint density at radius 1 is 1.07 bits per heavy atom. The molecule has 0 radical (unpaired) electrons. The Hall–Kier alpha value is -1.88. The van der Waals surface area contributed by atoms with Crippen molar-refractivity contribution in [3.8, 4) is 0 Å². The van der Waals surface area contributed by atoms with Gasteiger partial charge in [-0.2, -0.15) is 0 Å². The Balaban J connectivity index is 1.46. The van der Waals surface area contributed by atoms with Gasteiger partial charge in [0.1, 0.15) is 5.78 Å². The molecule has 4 aliphatic rings. The van der Waals surface area contributed by atoms with Crippen LogP contribution in [0.15, 0.2) is 24.3 Å². The van der Waals surface area contributed by atoms with Crippen LogP contribution in [-0.2, 0) is 16.1 Å². The molecule has 1 aromatic carbocycles. The van der Waals surface area contributed by atoms with Crippen LogP contribution in [0.5, 0.6) is 0 Å². The van der Waals surface area contributed by atoms with Gasteiger partial charge >= 0.3 is 0 Å². The molecule has 1 amide bonds. The minimum Gasteiger partial charge on any atom is -0.399 e. The standard InChI is InChI=1S/C25H34N2O3/c1-24-12-11-22(30)27(14-15-3-5-16(26)6-4-15)20(24)9-7-17-18-8-10-21(29)25(18,2)13-19(28)23(17)24/h3-6,17-18,20-21,23,29H,7-14,26H2,1-2H3/t17?,18-,20?,21-,23?,24?,25?/m0/s1. The molecule has 4 fully saturated rings. The van der Waals surface area contributed by atoms with E-state index in [0.29, 0.717) is 37.0 Å². The fraction of sp³-hybridized carbons (Fsp3) is 0.680. The molecule has 7 atom stereocenters. The smallest absolute Gasteiger partial charge is 0.223 e. The molecule has 3 N–H and O–H groups in total. The number of hydrogen-bond acceptors (Lipinski definition) is 4. The van der Waals surface area contributed by atoms with E-state index in [9.17, 15) is 14.7 Å². The van der Waals surface area contributed by atoms with E-state index < -0.39 is 0 Å². The van der Waals surface area contributed by atoms with E-state index in [1.165, 1.54) is 0 Å². The second kappa shape index (κ2) is 6.81. The van der Waals surface area contributed by atoms with Crippen molar-refractivity contribution in [3.05, 3.63) is 29.8 Å². The first-order valence-corrected chi connectivity index (χ1v) is 11.6. The topological polar surface area (TPSA) is 83.6 Å². The largest absolute Gasteiger partial charge is 0.399 e. The third-order valence-corrected chi connectivity index (χ3v) is 9.36. The number of benzene rings is 1. The highest BCUT2D eigenvalue weighted by atomic mass is 16.3. The monoisotopic (exact) mass is 410 g/mol. The summed E-state index contributed by atoms with van der Waals surface area (Å²) in [5.74, 6) is 1.32. The van der Waals surface area contributed by atoms with Gasteiger partial charge < -0.3 is 15.7 Å². The van der Waals surface area contributed by atoms with Gasteiger partial charge in [0.15, 0.2) is 0 Å². The number of piperidine rings is 1. The van der Waals surface area contributed by atoms with Crippen LogP contribution < -0.4 is 5.73 Å². The summed E-state index contributed by atoms with van der Waals surface area (Å²) in [5, 5.41) is 10.6. The summed E-state index contributed by atoms with van der Waals surface area (Å²) in [6.45, 7) is 4.99. The van der Waals surface area contributed by atoms with Gasteiger partial charge in [-0.15, -0.1) is 0 Å². The average Bonchev–Trinajstić information content (AvgIpc) is 3.00. The summed E-state index contributed by atoms with van der Waals surface area (Å²) in [6.07, 6.45) is 5.24. The number of anilines is 1. The van der Waals surface area contributed by atoms with Crippen LogP contribution >= 0.6 is 0 Å². The Labute approximate surface area is 179 Å². The maximum absolute atomic E-state index is 13.5. The maximum atomic E-state index is 13.5. The second-order valence-corrected chi connectivity index (χ2v) is 10.9. The lowest BCUT2D eigenvalue weighted by Gasteiger charge is -2.61. The van der Waals surface area contributed by atoms with Crippen LogP contribution in [0.1, 0.15) is 64.4 Å². The number of fused-ring (bicyclic) bond motifs is 5. The molecular weight excluding hydrogens is 376 g/mol. The summed E-state index contributed by atoms with van der Waals surface area (Å²) in [5.41, 5.74) is 7.22. The highest BCUT2D eigenvalue weighted by molar-refractivity contribution is 5.85. The molecule has 0 spiro atoms. The van der Waals surface area contributed by atoms with Crippen molar-refractivity contribution < 1.29 is 14.7 Å². The highest BCUT2D eigenvalue weighted by Gasteiger charge is 2.64. The van der Waals surface area contributed by atoms with Gasteiger partial charge in [-0.25, -0.2) is 0 Å². The van der Waals surface area contributed by atoms with E-state index in [-0.39, 0.29) is 34.8 Å². The van der Waals surface area contributed by atoms with Crippen molar-refractivity contribution in [2.24, 2.45) is 28.6 Å². The van der Waals surface area contributed by atoms with E-state index >= 15 is 0 Å². The van der Waals surface area contributed by atoms with Gasteiger partial charge in [0.25, 0.3) is 0 Å². The maximum Gasteiger partial charge on any atom is 0.223 e. The number of aliphatic hydroxyl groups is 1. The molecular formula is C25H34N2O3. The summed E-state index contributed by atoms with van der Waals surface area (Å²) in [7, 11) is 0. The third kappa shape index (κ3) is 2.77. The number of carbonyl (C=O) groups excluding carboxylic acids is 2. The molecule has 1 aromatic rings. The number of likely N-dealkylation sites (tertiary alicyclic amines) is 1. The molecule has 1 heterocycles. The summed E-state index contributed by atoms with van der Waals surface area (Å²) >= 11 is 0. The van der Waals surface area contributed by atoms with Gasteiger partial charge in [0.05, 0.1) is 6.10 Å². The van der Waals surface area contributed by atoms with Gasteiger partial charge in [-0.05, 0) is 67.1 Å². The van der Waals surface area contributed by atoms with Crippen molar-refractivity contribution >= 4 is 17.4 Å². The first-order valence-electron chi connectivity index (χ1n) is 11.6. The van der Waals surface area contributed by atoms with E-state index in [2.05, 4.69) is 18.7 Å². The lowest BCUT2D eigenvalue weighted by Crippen LogP contribution is -2.64. The van der Waals surface area contributed by atoms with Crippen molar-refractivity contribution in [2.45, 2.75) is 77.5 Å². The number of nitrogen functional groups attached to an aromatic ring is 1. The van der Waals surface area contributed by atoms with Crippen molar-refractivity contribution in [2.75, 3.05) is 5.73 Å². The van der Waals surface area contributed by atoms with Crippen LogP contribution in [-0.4, -0.2) is 33.8 Å². The minimum atomic E-state index is -0.354. The average molecular weight is 411 g/mol. The predicted octanol–water partition coefficient (Wildman–Crippen LogP) is 3.54. The molecule has 3 aliphatic carbocycles. The van der Waals surface area contributed by atoms with E-state index in [0.717, 1.165) is 43.4 Å². The Morgan fingerprint density at radius 3 is 2.53 bits per heavy atom. The van der Waals surface area contributed by atoms with Gasteiger partial charge in [-0.3, -0.25) is 9.59 Å². The van der Waals surface area contributed by atoms with Gasteiger partial charge in [0.2, 0.25) is 5.91 Å². The molecule has 0 bridgehead atoms. The van der Waals surface area contributed by atoms with Crippen LogP contribution in [0.25, 0.3) is 0 Å². The van der Waals surface area contributed by atoms with Crippen LogP contribution in [0.2, 0.25) is 0 Å². The van der Waals surface area contributed by atoms with E-state index in [1.807, 2.05) is 24.3 Å². The molecule has 5 nitrogen and oxygen atoms in total. The van der Waals surface area contributed by atoms with E-state index in [4.69, 9.17) is 5.73 Å². The van der Waals surface area contributed by atoms with Crippen molar-refractivity contribution in [1.82, 2.24) is 4.90 Å².